The average molecular weight is 375 g/mol. The normalized spacial score (nSPS) is 15.8. The first-order valence-electron chi connectivity index (χ1n) is 9.50. The second-order valence-electron chi connectivity index (χ2n) is 6.30. The van der Waals surface area contributed by atoms with Crippen LogP contribution in [0.3, 0.4) is 0 Å². The van der Waals surface area contributed by atoms with E-state index in [2.05, 4.69) is 19.1 Å². The summed E-state index contributed by atoms with van der Waals surface area (Å²) in [7, 11) is 0. The summed E-state index contributed by atoms with van der Waals surface area (Å²) in [6.45, 7) is 4.12. The van der Waals surface area contributed by atoms with Crippen molar-refractivity contribution >= 4 is 5.97 Å². The highest BCUT2D eigenvalue weighted by Gasteiger charge is 2.02. The van der Waals surface area contributed by atoms with Crippen LogP contribution in [0.25, 0.3) is 0 Å². The SMILES string of the molecule is CC/C=C(/C)C[C@H](O)/C=C/C=C\C/C=C\C/C=C\C=C\[C@@H](O)CCC(=O)O. The molecule has 0 saturated carbocycles. The summed E-state index contributed by atoms with van der Waals surface area (Å²) >= 11 is 0. The van der Waals surface area contributed by atoms with Crippen molar-refractivity contribution in [2.75, 3.05) is 0 Å². The van der Waals surface area contributed by atoms with Crippen LogP contribution in [-0.4, -0.2) is 33.5 Å². The van der Waals surface area contributed by atoms with E-state index in [0.717, 1.165) is 19.3 Å². The quantitative estimate of drug-likeness (QED) is 0.299. The van der Waals surface area contributed by atoms with Crippen LogP contribution < -0.4 is 0 Å². The van der Waals surface area contributed by atoms with Gasteiger partial charge in [-0.2, -0.15) is 0 Å². The van der Waals surface area contributed by atoms with E-state index in [1.54, 1.807) is 18.2 Å². The van der Waals surface area contributed by atoms with Gasteiger partial charge in [0.2, 0.25) is 0 Å². The van der Waals surface area contributed by atoms with Crippen molar-refractivity contribution in [3.05, 3.63) is 72.4 Å². The Morgan fingerprint density at radius 3 is 1.96 bits per heavy atom. The molecule has 0 spiro atoms. The molecule has 0 heterocycles. The number of allylic oxidation sites excluding steroid dienone is 9. The van der Waals surface area contributed by atoms with Gasteiger partial charge in [-0.25, -0.2) is 0 Å². The van der Waals surface area contributed by atoms with E-state index in [0.29, 0.717) is 6.42 Å². The number of carboxylic acids is 1. The van der Waals surface area contributed by atoms with Crippen LogP contribution in [0.5, 0.6) is 0 Å². The van der Waals surface area contributed by atoms with Gasteiger partial charge < -0.3 is 15.3 Å². The summed E-state index contributed by atoms with van der Waals surface area (Å²) in [6.07, 6.45) is 23.3. The Kier molecular flexibility index (Phi) is 15.9. The lowest BCUT2D eigenvalue weighted by Crippen LogP contribution is -2.05. The lowest BCUT2D eigenvalue weighted by Gasteiger charge is -2.04. The summed E-state index contributed by atoms with van der Waals surface area (Å²) in [4.78, 5) is 10.4. The summed E-state index contributed by atoms with van der Waals surface area (Å²) < 4.78 is 0. The molecule has 150 valence electrons. The fraction of sp³-hybridized carbons (Fsp3) is 0.435. The highest BCUT2D eigenvalue weighted by atomic mass is 16.4. The minimum Gasteiger partial charge on any atom is -0.481 e. The van der Waals surface area contributed by atoms with Crippen LogP contribution >= 0.6 is 0 Å². The second-order valence-corrected chi connectivity index (χ2v) is 6.30. The van der Waals surface area contributed by atoms with Gasteiger partial charge in [-0.15, -0.1) is 0 Å². The van der Waals surface area contributed by atoms with Crippen LogP contribution in [0.1, 0.15) is 52.4 Å². The van der Waals surface area contributed by atoms with Crippen molar-refractivity contribution in [3.63, 3.8) is 0 Å². The van der Waals surface area contributed by atoms with Gasteiger partial charge in [0.1, 0.15) is 0 Å². The van der Waals surface area contributed by atoms with Gasteiger partial charge in [0, 0.05) is 6.42 Å². The predicted molar refractivity (Wildman–Crippen MR) is 112 cm³/mol. The standard InChI is InChI=1S/C23H34O4/c1-3-14-20(2)19-22(25)16-13-11-9-7-5-4-6-8-10-12-15-21(24)17-18-23(26)27/h4-5,8-16,21-22,24-25H,3,6-7,17-19H2,1-2H3,(H,26,27)/b5-4-,10-8-,11-9-,15-12+,16-13+,20-14-/t21-,22-/m1/s1. The molecule has 0 rings (SSSR count). The third-order valence-corrected chi connectivity index (χ3v) is 3.61. The molecule has 27 heavy (non-hydrogen) atoms. The number of aliphatic hydroxyl groups excluding tert-OH is 2. The second kappa shape index (κ2) is 17.3. The Hall–Kier alpha value is -2.17. The zero-order chi connectivity index (χ0) is 20.3. The lowest BCUT2D eigenvalue weighted by molar-refractivity contribution is -0.137. The van der Waals surface area contributed by atoms with Crippen LogP contribution in [0.4, 0.5) is 0 Å². The van der Waals surface area contributed by atoms with Gasteiger partial charge in [0.15, 0.2) is 0 Å². The summed E-state index contributed by atoms with van der Waals surface area (Å²) in [5.41, 5.74) is 1.21. The minimum atomic E-state index is -0.900. The van der Waals surface area contributed by atoms with Crippen molar-refractivity contribution in [1.29, 1.82) is 0 Å². The fourth-order valence-electron chi connectivity index (χ4n) is 2.25. The highest BCUT2D eigenvalue weighted by molar-refractivity contribution is 5.66. The number of rotatable bonds is 14. The Morgan fingerprint density at radius 1 is 0.889 bits per heavy atom. The van der Waals surface area contributed by atoms with E-state index < -0.39 is 18.2 Å². The minimum absolute atomic E-state index is 0.0326. The maximum atomic E-state index is 10.4. The lowest BCUT2D eigenvalue weighted by atomic mass is 10.1. The Bertz CT molecular complexity index is 565. The van der Waals surface area contributed by atoms with Gasteiger partial charge in [-0.3, -0.25) is 4.79 Å². The van der Waals surface area contributed by atoms with Crippen LogP contribution in [-0.2, 0) is 4.79 Å². The summed E-state index contributed by atoms with van der Waals surface area (Å²) in [5.74, 6) is -0.900. The third kappa shape index (κ3) is 18.4. The van der Waals surface area contributed by atoms with Crippen LogP contribution in [0.2, 0.25) is 0 Å². The number of carbonyl (C=O) groups is 1. The van der Waals surface area contributed by atoms with Crippen LogP contribution in [0.15, 0.2) is 72.4 Å². The molecular formula is C23H34O4. The summed E-state index contributed by atoms with van der Waals surface area (Å²) in [6, 6.07) is 0. The first kappa shape index (κ1) is 24.8. The van der Waals surface area contributed by atoms with E-state index in [1.165, 1.54) is 5.57 Å². The molecule has 0 aliphatic rings. The maximum absolute atomic E-state index is 10.4. The molecule has 0 aromatic rings. The van der Waals surface area contributed by atoms with Crippen molar-refractivity contribution in [1.82, 2.24) is 0 Å². The highest BCUT2D eigenvalue weighted by Crippen LogP contribution is 2.06. The summed E-state index contributed by atoms with van der Waals surface area (Å²) in [5, 5.41) is 27.9. The van der Waals surface area contributed by atoms with Gasteiger partial charge in [0.25, 0.3) is 0 Å². The average Bonchev–Trinajstić information content (AvgIpc) is 2.60. The zero-order valence-electron chi connectivity index (χ0n) is 16.5. The molecule has 0 unspecified atom stereocenters. The van der Waals surface area contributed by atoms with E-state index >= 15 is 0 Å². The van der Waals surface area contributed by atoms with Gasteiger partial charge in [-0.05, 0) is 39.0 Å². The monoisotopic (exact) mass is 374 g/mol. The Morgan fingerprint density at radius 2 is 1.44 bits per heavy atom. The van der Waals surface area contributed by atoms with Crippen molar-refractivity contribution < 1.29 is 20.1 Å². The zero-order valence-corrected chi connectivity index (χ0v) is 16.5. The number of hydrogen-bond donors (Lipinski definition) is 3. The number of carboxylic acid groups (broad SMARTS) is 1. The van der Waals surface area contributed by atoms with Crippen molar-refractivity contribution in [3.8, 4) is 0 Å². The molecule has 4 heteroatoms. The Balaban J connectivity index is 3.88. The first-order valence-corrected chi connectivity index (χ1v) is 9.50. The van der Waals surface area contributed by atoms with Gasteiger partial charge in [-0.1, -0.05) is 79.3 Å². The molecule has 2 atom stereocenters. The van der Waals surface area contributed by atoms with Gasteiger partial charge in [0.05, 0.1) is 12.2 Å². The molecule has 4 nitrogen and oxygen atoms in total. The molecule has 0 aromatic heterocycles. The van der Waals surface area contributed by atoms with E-state index in [1.807, 2.05) is 43.4 Å². The smallest absolute Gasteiger partial charge is 0.303 e. The van der Waals surface area contributed by atoms with E-state index in [-0.39, 0.29) is 12.8 Å². The molecule has 0 aliphatic carbocycles. The van der Waals surface area contributed by atoms with E-state index in [4.69, 9.17) is 5.11 Å². The molecule has 0 saturated heterocycles. The molecule has 0 fully saturated rings. The number of aliphatic hydroxyl groups is 2. The number of hydrogen-bond acceptors (Lipinski definition) is 3. The van der Waals surface area contributed by atoms with E-state index in [9.17, 15) is 15.0 Å². The third-order valence-electron chi connectivity index (χ3n) is 3.61. The molecular weight excluding hydrogens is 340 g/mol. The first-order chi connectivity index (χ1) is 13.0. The molecule has 0 amide bonds. The van der Waals surface area contributed by atoms with Crippen molar-refractivity contribution in [2.45, 2.75) is 64.6 Å². The maximum Gasteiger partial charge on any atom is 0.303 e. The van der Waals surface area contributed by atoms with Crippen LogP contribution in [0, 0.1) is 0 Å². The largest absolute Gasteiger partial charge is 0.481 e. The molecule has 0 bridgehead atoms. The molecule has 0 aromatic carbocycles. The Labute approximate surface area is 163 Å². The number of aliphatic carboxylic acids is 1. The fourth-order valence-corrected chi connectivity index (χ4v) is 2.25. The van der Waals surface area contributed by atoms with Crippen molar-refractivity contribution in [2.24, 2.45) is 0 Å². The molecule has 0 aliphatic heterocycles. The topological polar surface area (TPSA) is 77.8 Å². The van der Waals surface area contributed by atoms with Gasteiger partial charge >= 0.3 is 5.97 Å². The molecule has 3 N–H and O–H groups in total. The predicted octanol–water partition coefficient (Wildman–Crippen LogP) is 4.88. The molecule has 0 radical (unpaired) electrons.